The average Bonchev–Trinajstić information content (AvgIpc) is 3.01. The Morgan fingerprint density at radius 2 is 2.09 bits per heavy atom. The highest BCUT2D eigenvalue weighted by Crippen LogP contribution is 2.36. The van der Waals surface area contributed by atoms with Gasteiger partial charge in [0.2, 0.25) is 5.91 Å². The van der Waals surface area contributed by atoms with Crippen molar-refractivity contribution in [2.24, 2.45) is 5.41 Å². The van der Waals surface area contributed by atoms with E-state index in [0.29, 0.717) is 12.8 Å². The van der Waals surface area contributed by atoms with E-state index in [1.807, 2.05) is 0 Å². The van der Waals surface area contributed by atoms with Crippen molar-refractivity contribution in [1.29, 1.82) is 0 Å². The van der Waals surface area contributed by atoms with E-state index in [4.69, 9.17) is 0 Å². The second kappa shape index (κ2) is 7.21. The van der Waals surface area contributed by atoms with Gasteiger partial charge >= 0.3 is 11.7 Å². The molecule has 0 atom stereocenters. The molecule has 1 aliphatic carbocycles. The molecule has 1 amide bonds. The first-order valence-corrected chi connectivity index (χ1v) is 7.60. The predicted molar refractivity (Wildman–Crippen MR) is 79.7 cm³/mol. The van der Waals surface area contributed by atoms with Crippen LogP contribution < -0.4 is 5.32 Å². The zero-order chi connectivity index (χ0) is 16.9. The number of hydrogen-bond donors (Lipinski definition) is 2. The lowest BCUT2D eigenvalue weighted by Crippen LogP contribution is -2.44. The molecule has 126 valence electrons. The van der Waals surface area contributed by atoms with Crippen LogP contribution in [0.4, 0.5) is 5.69 Å². The number of amides is 1. The van der Waals surface area contributed by atoms with E-state index >= 15 is 0 Å². The molecule has 0 aromatic carbocycles. The lowest BCUT2D eigenvalue weighted by atomic mass is 9.74. The van der Waals surface area contributed by atoms with Crippen LogP contribution in [0.15, 0.2) is 12.4 Å². The van der Waals surface area contributed by atoms with Gasteiger partial charge in [-0.1, -0.05) is 19.3 Å². The Morgan fingerprint density at radius 3 is 2.65 bits per heavy atom. The molecule has 1 aromatic heterocycles. The molecule has 1 fully saturated rings. The third-order valence-corrected chi connectivity index (χ3v) is 4.29. The van der Waals surface area contributed by atoms with Gasteiger partial charge in [-0.25, -0.2) is 0 Å². The zero-order valence-electron chi connectivity index (χ0n) is 12.7. The number of aromatic nitrogens is 2. The topological polar surface area (TPSA) is 127 Å². The minimum Gasteiger partial charge on any atom is -0.481 e. The van der Waals surface area contributed by atoms with E-state index in [0.717, 1.165) is 25.5 Å². The van der Waals surface area contributed by atoms with Gasteiger partial charge in [-0.05, 0) is 12.8 Å². The maximum absolute atomic E-state index is 11.9. The van der Waals surface area contributed by atoms with E-state index in [9.17, 15) is 24.8 Å². The first-order valence-electron chi connectivity index (χ1n) is 7.60. The maximum atomic E-state index is 11.9. The number of carbonyl (C=O) groups is 2. The van der Waals surface area contributed by atoms with Crippen LogP contribution in [0.25, 0.3) is 0 Å². The molecule has 2 rings (SSSR count). The lowest BCUT2D eigenvalue weighted by Gasteiger charge is -2.33. The van der Waals surface area contributed by atoms with E-state index in [1.54, 1.807) is 0 Å². The average molecular weight is 324 g/mol. The third kappa shape index (κ3) is 4.27. The Balaban J connectivity index is 1.81. The standard InChI is InChI=1S/C14H20N4O5/c19-12(4-7-17-9-11(8-16-17)18(22)23)15-10-14(13(20)21)5-2-1-3-6-14/h8-9H,1-7,10H2,(H,15,19)(H,20,21). The highest BCUT2D eigenvalue weighted by atomic mass is 16.6. The van der Waals surface area contributed by atoms with Crippen LogP contribution in [0.2, 0.25) is 0 Å². The second-order valence-corrected chi connectivity index (χ2v) is 5.89. The number of nitrogens with zero attached hydrogens (tertiary/aromatic N) is 3. The van der Waals surface area contributed by atoms with Gasteiger partial charge in [-0.2, -0.15) is 5.10 Å². The van der Waals surface area contributed by atoms with Crippen molar-refractivity contribution in [3.63, 3.8) is 0 Å². The fourth-order valence-corrected chi connectivity index (χ4v) is 2.84. The molecule has 9 nitrogen and oxygen atoms in total. The van der Waals surface area contributed by atoms with Crippen molar-refractivity contribution in [3.05, 3.63) is 22.5 Å². The summed E-state index contributed by atoms with van der Waals surface area (Å²) in [5.41, 5.74) is -0.990. The van der Waals surface area contributed by atoms with Crippen molar-refractivity contribution >= 4 is 17.6 Å². The summed E-state index contributed by atoms with van der Waals surface area (Å²) in [6.07, 6.45) is 6.38. The number of aryl methyl sites for hydroxylation is 1. The third-order valence-electron chi connectivity index (χ3n) is 4.29. The Morgan fingerprint density at radius 1 is 1.39 bits per heavy atom. The van der Waals surface area contributed by atoms with Gasteiger partial charge in [0.05, 0.1) is 10.3 Å². The van der Waals surface area contributed by atoms with Crippen LogP contribution in [0.5, 0.6) is 0 Å². The second-order valence-electron chi connectivity index (χ2n) is 5.89. The summed E-state index contributed by atoms with van der Waals surface area (Å²) in [7, 11) is 0. The molecule has 23 heavy (non-hydrogen) atoms. The molecule has 0 aliphatic heterocycles. The molecule has 1 heterocycles. The van der Waals surface area contributed by atoms with Crippen molar-refractivity contribution in [2.75, 3.05) is 6.54 Å². The summed E-state index contributed by atoms with van der Waals surface area (Å²) in [6, 6.07) is 0. The molecule has 0 radical (unpaired) electrons. The number of carboxylic acids is 1. The zero-order valence-corrected chi connectivity index (χ0v) is 12.7. The van der Waals surface area contributed by atoms with Crippen LogP contribution in [0.3, 0.4) is 0 Å². The number of hydrogen-bond acceptors (Lipinski definition) is 5. The summed E-state index contributed by atoms with van der Waals surface area (Å²) >= 11 is 0. The summed E-state index contributed by atoms with van der Waals surface area (Å²) < 4.78 is 1.32. The van der Waals surface area contributed by atoms with Gasteiger partial charge in [0, 0.05) is 19.5 Å². The van der Waals surface area contributed by atoms with E-state index < -0.39 is 16.3 Å². The minimum atomic E-state index is -0.863. The largest absolute Gasteiger partial charge is 0.481 e. The summed E-state index contributed by atoms with van der Waals surface area (Å²) in [6.45, 7) is 0.333. The highest BCUT2D eigenvalue weighted by Gasteiger charge is 2.39. The molecular weight excluding hydrogens is 304 g/mol. The number of nitro groups is 1. The molecule has 1 saturated carbocycles. The van der Waals surface area contributed by atoms with E-state index in [2.05, 4.69) is 10.4 Å². The van der Waals surface area contributed by atoms with Gasteiger partial charge < -0.3 is 10.4 Å². The summed E-state index contributed by atoms with van der Waals surface area (Å²) in [5.74, 6) is -1.14. The number of aliphatic carboxylic acids is 1. The Hall–Kier alpha value is -2.45. The molecule has 1 aromatic rings. The fourth-order valence-electron chi connectivity index (χ4n) is 2.84. The van der Waals surface area contributed by atoms with Gasteiger partial charge in [0.1, 0.15) is 12.4 Å². The van der Waals surface area contributed by atoms with Gasteiger partial charge in [-0.3, -0.25) is 24.4 Å². The molecule has 0 saturated heterocycles. The molecular formula is C14H20N4O5. The van der Waals surface area contributed by atoms with Crippen LogP contribution in [0.1, 0.15) is 38.5 Å². The monoisotopic (exact) mass is 324 g/mol. The normalized spacial score (nSPS) is 16.7. The predicted octanol–water partition coefficient (Wildman–Crippen LogP) is 1.33. The first kappa shape index (κ1) is 16.9. The van der Waals surface area contributed by atoms with Crippen molar-refractivity contribution in [2.45, 2.75) is 45.1 Å². The van der Waals surface area contributed by atoms with Crippen molar-refractivity contribution in [3.8, 4) is 0 Å². The van der Waals surface area contributed by atoms with Crippen LogP contribution >= 0.6 is 0 Å². The first-order chi connectivity index (χ1) is 10.9. The Bertz CT molecular complexity index is 592. The lowest BCUT2D eigenvalue weighted by molar-refractivity contribution is -0.385. The van der Waals surface area contributed by atoms with Crippen LogP contribution in [-0.2, 0) is 16.1 Å². The highest BCUT2D eigenvalue weighted by molar-refractivity contribution is 5.79. The SMILES string of the molecule is O=C(CCn1cc([N+](=O)[O-])cn1)NCC1(C(=O)O)CCCCC1. The van der Waals surface area contributed by atoms with Gasteiger partial charge in [0.15, 0.2) is 0 Å². The number of carboxylic acid groups (broad SMARTS) is 1. The minimum absolute atomic E-state index is 0.0918. The summed E-state index contributed by atoms with van der Waals surface area (Å²) in [5, 5.41) is 26.5. The molecule has 9 heteroatoms. The number of carbonyl (C=O) groups excluding carboxylic acids is 1. The van der Waals surface area contributed by atoms with E-state index in [1.165, 1.54) is 10.9 Å². The Kier molecular flexibility index (Phi) is 5.30. The van der Waals surface area contributed by atoms with Crippen molar-refractivity contribution in [1.82, 2.24) is 15.1 Å². The van der Waals surface area contributed by atoms with E-state index in [-0.39, 0.29) is 31.1 Å². The van der Waals surface area contributed by atoms with Crippen LogP contribution in [-0.4, -0.2) is 38.2 Å². The maximum Gasteiger partial charge on any atom is 0.311 e. The van der Waals surface area contributed by atoms with Gasteiger partial charge in [-0.15, -0.1) is 0 Å². The molecule has 1 aliphatic rings. The molecule has 2 N–H and O–H groups in total. The number of rotatable bonds is 7. The Labute approximate surface area is 132 Å². The fraction of sp³-hybridized carbons (Fsp3) is 0.643. The van der Waals surface area contributed by atoms with Crippen LogP contribution in [0, 0.1) is 15.5 Å². The molecule has 0 unspecified atom stereocenters. The van der Waals surface area contributed by atoms with Gasteiger partial charge in [0.25, 0.3) is 0 Å². The summed E-state index contributed by atoms with van der Waals surface area (Å²) in [4.78, 5) is 33.4. The quantitative estimate of drug-likeness (QED) is 0.575. The van der Waals surface area contributed by atoms with Crippen molar-refractivity contribution < 1.29 is 19.6 Å². The number of nitrogens with one attached hydrogen (secondary N) is 1. The molecule has 0 spiro atoms. The smallest absolute Gasteiger partial charge is 0.311 e. The molecule has 0 bridgehead atoms.